The highest BCUT2D eigenvalue weighted by Gasteiger charge is 2.34. The largest absolute Gasteiger partial charge is 0.352 e. The van der Waals surface area contributed by atoms with Gasteiger partial charge in [0.25, 0.3) is 11.8 Å². The Morgan fingerprint density at radius 3 is 2.11 bits per heavy atom. The molecule has 144 valence electrons. The third-order valence-electron chi connectivity index (χ3n) is 5.51. The van der Waals surface area contributed by atoms with Crippen LogP contribution in [0.3, 0.4) is 0 Å². The molecule has 0 bridgehead atoms. The van der Waals surface area contributed by atoms with Crippen molar-refractivity contribution in [2.45, 2.75) is 25.3 Å². The first-order chi connectivity index (χ1) is 13.1. The van der Waals surface area contributed by atoms with Crippen molar-refractivity contribution in [2.75, 3.05) is 45.8 Å². The van der Waals surface area contributed by atoms with Crippen molar-refractivity contribution in [3.05, 3.63) is 35.4 Å². The van der Waals surface area contributed by atoms with Crippen molar-refractivity contribution in [3.63, 3.8) is 0 Å². The molecule has 2 aliphatic heterocycles. The Morgan fingerprint density at radius 1 is 0.926 bits per heavy atom. The highest BCUT2D eigenvalue weighted by molar-refractivity contribution is 6.21. The van der Waals surface area contributed by atoms with E-state index >= 15 is 0 Å². The summed E-state index contributed by atoms with van der Waals surface area (Å²) < 4.78 is 0. The molecule has 1 saturated heterocycles. The van der Waals surface area contributed by atoms with Crippen LogP contribution in [0.4, 0.5) is 0 Å². The molecular formula is C20H26N4O3. The second-order valence-electron chi connectivity index (χ2n) is 7.62. The highest BCUT2D eigenvalue weighted by Crippen LogP contribution is 2.22. The summed E-state index contributed by atoms with van der Waals surface area (Å²) in [4.78, 5) is 42.5. The third-order valence-corrected chi connectivity index (χ3v) is 5.51. The summed E-state index contributed by atoms with van der Waals surface area (Å²) >= 11 is 0. The molecule has 3 aliphatic rings. The van der Waals surface area contributed by atoms with Crippen LogP contribution in [0.5, 0.6) is 0 Å². The zero-order valence-electron chi connectivity index (χ0n) is 15.5. The van der Waals surface area contributed by atoms with E-state index in [-0.39, 0.29) is 17.7 Å². The minimum absolute atomic E-state index is 0.136. The average molecular weight is 370 g/mol. The van der Waals surface area contributed by atoms with Crippen LogP contribution in [0.15, 0.2) is 24.3 Å². The second kappa shape index (κ2) is 7.78. The molecule has 7 heteroatoms. The van der Waals surface area contributed by atoms with Crippen LogP contribution in [-0.2, 0) is 4.79 Å². The number of imide groups is 1. The molecule has 1 N–H and O–H groups in total. The Hall–Kier alpha value is -2.25. The van der Waals surface area contributed by atoms with Gasteiger partial charge in [-0.2, -0.15) is 0 Å². The molecule has 0 unspecified atom stereocenters. The van der Waals surface area contributed by atoms with Gasteiger partial charge in [-0.25, -0.2) is 0 Å². The van der Waals surface area contributed by atoms with Gasteiger partial charge in [0, 0.05) is 38.8 Å². The van der Waals surface area contributed by atoms with E-state index in [2.05, 4.69) is 15.1 Å². The van der Waals surface area contributed by atoms with Gasteiger partial charge in [-0.05, 0) is 37.9 Å². The average Bonchev–Trinajstić information content (AvgIpc) is 3.45. The van der Waals surface area contributed by atoms with E-state index in [1.54, 1.807) is 24.3 Å². The number of carbonyl (C=O) groups is 3. The number of piperazine rings is 1. The summed E-state index contributed by atoms with van der Waals surface area (Å²) in [6, 6.07) is 7.43. The molecule has 2 heterocycles. The molecular weight excluding hydrogens is 344 g/mol. The molecule has 1 aliphatic carbocycles. The van der Waals surface area contributed by atoms with Crippen molar-refractivity contribution in [1.29, 1.82) is 0 Å². The van der Waals surface area contributed by atoms with Crippen molar-refractivity contribution >= 4 is 17.7 Å². The SMILES string of the molecule is O=C(CN1CCN(CCCN2C(=O)c3ccccc3C2=O)CC1)NC1CC1. The lowest BCUT2D eigenvalue weighted by molar-refractivity contribution is -0.122. The predicted octanol–water partition coefficient (Wildman–Crippen LogP) is 0.569. The van der Waals surface area contributed by atoms with Gasteiger partial charge in [0.05, 0.1) is 17.7 Å². The Morgan fingerprint density at radius 2 is 1.52 bits per heavy atom. The Labute approximate surface area is 159 Å². The normalized spacial score (nSPS) is 20.8. The topological polar surface area (TPSA) is 73.0 Å². The Balaban J connectivity index is 1.17. The van der Waals surface area contributed by atoms with Crippen LogP contribution in [0.25, 0.3) is 0 Å². The number of nitrogens with zero attached hydrogens (tertiary/aromatic N) is 3. The van der Waals surface area contributed by atoms with Crippen LogP contribution in [-0.4, -0.2) is 84.3 Å². The van der Waals surface area contributed by atoms with E-state index in [1.807, 2.05) is 0 Å². The van der Waals surface area contributed by atoms with Gasteiger partial charge in [0.1, 0.15) is 0 Å². The zero-order valence-corrected chi connectivity index (χ0v) is 15.5. The van der Waals surface area contributed by atoms with Crippen LogP contribution in [0, 0.1) is 0 Å². The van der Waals surface area contributed by atoms with Crippen LogP contribution in [0.2, 0.25) is 0 Å². The first-order valence-corrected chi connectivity index (χ1v) is 9.81. The summed E-state index contributed by atoms with van der Waals surface area (Å²) in [5.74, 6) is -0.222. The molecule has 27 heavy (non-hydrogen) atoms. The third kappa shape index (κ3) is 4.20. The maximum Gasteiger partial charge on any atom is 0.261 e. The molecule has 0 atom stereocenters. The standard InChI is InChI=1S/C20H26N4O3/c25-18(21-15-6-7-15)14-23-12-10-22(11-13-23)8-3-9-24-19(26)16-4-1-2-5-17(16)20(24)27/h1-2,4-5,15H,3,6-14H2,(H,21,25). The number of hydrogen-bond acceptors (Lipinski definition) is 5. The lowest BCUT2D eigenvalue weighted by Gasteiger charge is -2.34. The number of carbonyl (C=O) groups excluding carboxylic acids is 3. The second-order valence-corrected chi connectivity index (χ2v) is 7.62. The molecule has 3 amide bonds. The fourth-order valence-electron chi connectivity index (χ4n) is 3.77. The van der Waals surface area contributed by atoms with Crippen molar-refractivity contribution < 1.29 is 14.4 Å². The van der Waals surface area contributed by atoms with Gasteiger partial charge >= 0.3 is 0 Å². The minimum Gasteiger partial charge on any atom is -0.352 e. The maximum atomic E-state index is 12.4. The smallest absolute Gasteiger partial charge is 0.261 e. The van der Waals surface area contributed by atoms with Gasteiger partial charge in [-0.3, -0.25) is 24.2 Å². The zero-order chi connectivity index (χ0) is 18.8. The van der Waals surface area contributed by atoms with Crippen molar-refractivity contribution in [1.82, 2.24) is 20.0 Å². The number of rotatable bonds is 7. The van der Waals surface area contributed by atoms with Gasteiger partial charge in [0.2, 0.25) is 5.91 Å². The molecule has 1 aromatic carbocycles. The van der Waals surface area contributed by atoms with E-state index in [9.17, 15) is 14.4 Å². The first kappa shape index (κ1) is 18.1. The lowest BCUT2D eigenvalue weighted by Crippen LogP contribution is -2.50. The number of fused-ring (bicyclic) bond motifs is 1. The van der Waals surface area contributed by atoms with E-state index in [0.29, 0.717) is 30.3 Å². The fourth-order valence-corrected chi connectivity index (χ4v) is 3.77. The Kier molecular flexibility index (Phi) is 5.22. The molecule has 0 aromatic heterocycles. The van der Waals surface area contributed by atoms with Gasteiger partial charge < -0.3 is 10.2 Å². The molecule has 0 radical (unpaired) electrons. The van der Waals surface area contributed by atoms with Gasteiger partial charge in [0.15, 0.2) is 0 Å². The molecule has 0 spiro atoms. The predicted molar refractivity (Wildman–Crippen MR) is 100 cm³/mol. The summed E-state index contributed by atoms with van der Waals surface area (Å²) in [5.41, 5.74) is 1.03. The molecule has 1 saturated carbocycles. The Bertz CT molecular complexity index is 703. The minimum atomic E-state index is -0.179. The molecule has 4 rings (SSSR count). The van der Waals surface area contributed by atoms with Crippen LogP contribution in [0.1, 0.15) is 40.0 Å². The lowest BCUT2D eigenvalue weighted by atomic mass is 10.1. The van der Waals surface area contributed by atoms with E-state index in [1.165, 1.54) is 4.90 Å². The molecule has 2 fully saturated rings. The fraction of sp³-hybridized carbons (Fsp3) is 0.550. The quantitative estimate of drug-likeness (QED) is 0.711. The van der Waals surface area contributed by atoms with Crippen molar-refractivity contribution in [3.8, 4) is 0 Å². The van der Waals surface area contributed by atoms with Crippen LogP contribution < -0.4 is 5.32 Å². The molecule has 1 aromatic rings. The summed E-state index contributed by atoms with van der Waals surface area (Å²) in [6.45, 7) is 5.39. The number of hydrogen-bond donors (Lipinski definition) is 1. The van der Waals surface area contributed by atoms with Crippen LogP contribution >= 0.6 is 0 Å². The number of nitrogens with one attached hydrogen (secondary N) is 1. The van der Waals surface area contributed by atoms with E-state index in [0.717, 1.165) is 52.0 Å². The monoisotopic (exact) mass is 370 g/mol. The summed E-state index contributed by atoms with van der Waals surface area (Å²) in [6.07, 6.45) is 3.01. The number of benzene rings is 1. The first-order valence-electron chi connectivity index (χ1n) is 9.81. The van der Waals surface area contributed by atoms with Crippen molar-refractivity contribution in [2.24, 2.45) is 0 Å². The highest BCUT2D eigenvalue weighted by atomic mass is 16.2. The van der Waals surface area contributed by atoms with Gasteiger partial charge in [-0.15, -0.1) is 0 Å². The molecule has 7 nitrogen and oxygen atoms in total. The summed E-state index contributed by atoms with van der Waals surface area (Å²) in [7, 11) is 0. The van der Waals surface area contributed by atoms with E-state index in [4.69, 9.17) is 0 Å². The number of amides is 3. The summed E-state index contributed by atoms with van der Waals surface area (Å²) in [5, 5.41) is 3.03. The maximum absolute atomic E-state index is 12.4. The van der Waals surface area contributed by atoms with E-state index < -0.39 is 0 Å². The van der Waals surface area contributed by atoms with Gasteiger partial charge in [-0.1, -0.05) is 12.1 Å².